The molecule has 6 aliphatic heterocycles. The molecule has 0 unspecified atom stereocenters. The quantitative estimate of drug-likeness (QED) is 0.157. The molecule has 1 N–H and O–H groups in total. The maximum Gasteiger partial charge on any atom is 1.00 e. The third kappa shape index (κ3) is 10.5. The zero-order valence-corrected chi connectivity index (χ0v) is 45.8. The summed E-state index contributed by atoms with van der Waals surface area (Å²) in [5.41, 5.74) is 2.61. The second-order valence-electron chi connectivity index (χ2n) is 19.2. The number of rotatable bonds is 3. The molecule has 0 saturated heterocycles. The van der Waals surface area contributed by atoms with Gasteiger partial charge >= 0.3 is 18.9 Å². The van der Waals surface area contributed by atoms with Gasteiger partial charge in [-0.3, -0.25) is 38.5 Å². The summed E-state index contributed by atoms with van der Waals surface area (Å²) >= 11 is 2.81. The number of benzene rings is 5. The summed E-state index contributed by atoms with van der Waals surface area (Å²) in [5.74, 6) is -4.59. The maximum atomic E-state index is 15.6. The van der Waals surface area contributed by atoms with Crippen LogP contribution in [0.2, 0.25) is 0 Å². The standard InChI is InChI=1S/C33H27F2N3O4S.C26H21F2N3O4S.ClH.Li/c34-24-17-26-28-23(29(24)35)19-43-27-12-6-5-11-22(27)30(28)38-20-36(14-7-2-8-16-41-26)33(40)31-32(25(39)13-15-37(31)38)42-18-21-9-3-1-4-10-21;27-17-12-19-21-16(22(17)28)13-36-20-7-3-2-6-15(20)23(21)31-14-29(9-4-1-5-11-35-19)26(34)24-25(33)18(32)8-10-30(24)31;;/h1-6,8-13,15,17,30H,7,14,16,18-20H2;1-3,5-8,10,12,23,33H,4,9,11,13-14H2;1H;/q;;;+1/p-1/b8-2+;5-1+;;/t30-;23-;;/m11../s1. The molecular weight excluding hydrogens is 1100 g/mol. The third-order valence-electron chi connectivity index (χ3n) is 14.6. The molecule has 2 amide bonds. The first-order chi connectivity index (χ1) is 38.5. The number of fused-ring (bicyclic) bond motifs is 14. The summed E-state index contributed by atoms with van der Waals surface area (Å²) in [5, 5.41) is 14.3. The summed E-state index contributed by atoms with van der Waals surface area (Å²) in [7, 11) is 0. The SMILES string of the molecule is O=C1c2c(O)c(=O)ccn2N2CN1CC/C=C/COc1cc(F)c(F)c3c1[C@H]2c1ccccc1SC3.O=C1c2c(OCc3ccccc3)c(=O)ccn2N2CN1CC/C=C/COc1cc(F)c(F)c3c1[C@H]2c1ccccc1SC3.[Cl-].[Li+]. The summed E-state index contributed by atoms with van der Waals surface area (Å²) < 4.78 is 81.9. The van der Waals surface area contributed by atoms with Crippen molar-refractivity contribution in [3.63, 3.8) is 0 Å². The Bertz CT molecular complexity index is 3800. The Labute approximate surface area is 488 Å². The van der Waals surface area contributed by atoms with Crippen LogP contribution in [0.1, 0.15) is 84.8 Å². The molecule has 14 nitrogen and oxygen atoms in total. The fourth-order valence-corrected chi connectivity index (χ4v) is 13.1. The molecule has 4 bridgehead atoms. The van der Waals surface area contributed by atoms with Crippen LogP contribution in [0.4, 0.5) is 17.6 Å². The Morgan fingerprint density at radius 3 is 1.59 bits per heavy atom. The van der Waals surface area contributed by atoms with Crippen LogP contribution in [0.3, 0.4) is 0 Å². The van der Waals surface area contributed by atoms with Crippen molar-refractivity contribution in [1.82, 2.24) is 19.2 Å². The van der Waals surface area contributed by atoms with Gasteiger partial charge in [0.05, 0.1) is 0 Å². The predicted octanol–water partition coefficient (Wildman–Crippen LogP) is 3.72. The normalized spacial score (nSPS) is 18.4. The number of carbonyl (C=O) groups excluding carboxylic acids is 2. The number of aromatic nitrogens is 2. The number of aromatic hydroxyl groups is 1. The first-order valence-corrected chi connectivity index (χ1v) is 27.4. The van der Waals surface area contributed by atoms with Gasteiger partial charge in [-0.25, -0.2) is 17.6 Å². The Morgan fingerprint density at radius 1 is 0.593 bits per heavy atom. The average Bonchev–Trinajstić information content (AvgIpc) is 3.89. The molecule has 0 spiro atoms. The predicted molar refractivity (Wildman–Crippen MR) is 289 cm³/mol. The maximum absolute atomic E-state index is 15.6. The number of hydrogen-bond acceptors (Lipinski definition) is 12. The van der Waals surface area contributed by atoms with Gasteiger partial charge in [0.2, 0.25) is 10.9 Å². The van der Waals surface area contributed by atoms with E-state index in [1.807, 2.05) is 102 Å². The van der Waals surface area contributed by atoms with Crippen molar-refractivity contribution in [2.24, 2.45) is 0 Å². The second kappa shape index (κ2) is 23.9. The van der Waals surface area contributed by atoms with Gasteiger partial charge in [0.1, 0.15) is 56.7 Å². The fourth-order valence-electron chi connectivity index (χ4n) is 10.9. The molecule has 5 aromatic carbocycles. The van der Waals surface area contributed by atoms with Crippen LogP contribution >= 0.6 is 23.5 Å². The van der Waals surface area contributed by atoms with Gasteiger partial charge in [0.25, 0.3) is 11.8 Å². The Hall–Kier alpha value is -7.47. The van der Waals surface area contributed by atoms with Crippen LogP contribution in [0.25, 0.3) is 0 Å². The number of carbonyl (C=O) groups is 2. The van der Waals surface area contributed by atoms with Crippen molar-refractivity contribution < 1.29 is 77.7 Å². The van der Waals surface area contributed by atoms with Crippen LogP contribution in [-0.4, -0.2) is 75.7 Å². The molecule has 0 aliphatic carbocycles. The van der Waals surface area contributed by atoms with Gasteiger partial charge in [-0.1, -0.05) is 91.0 Å². The smallest absolute Gasteiger partial charge is 1.00 e. The van der Waals surface area contributed by atoms with Crippen LogP contribution in [0, 0.1) is 23.3 Å². The van der Waals surface area contributed by atoms with E-state index in [9.17, 15) is 33.1 Å². The van der Waals surface area contributed by atoms with Crippen molar-refractivity contribution >= 4 is 35.3 Å². The van der Waals surface area contributed by atoms with E-state index in [0.29, 0.717) is 37.1 Å². The molecule has 0 radical (unpaired) electrons. The molecule has 81 heavy (non-hydrogen) atoms. The molecule has 0 saturated carbocycles. The number of ether oxygens (including phenoxy) is 3. The summed E-state index contributed by atoms with van der Waals surface area (Å²) in [6, 6.07) is 28.0. The minimum Gasteiger partial charge on any atom is -1.00 e. The zero-order valence-electron chi connectivity index (χ0n) is 43.4. The van der Waals surface area contributed by atoms with Gasteiger partial charge in [-0.05, 0) is 41.7 Å². The van der Waals surface area contributed by atoms with Crippen molar-refractivity contribution in [3.05, 3.63) is 234 Å². The van der Waals surface area contributed by atoms with Gasteiger partial charge < -0.3 is 41.5 Å². The minimum absolute atomic E-state index is 0. The molecular formula is C59H48ClF4LiN6O8S2. The second-order valence-corrected chi connectivity index (χ2v) is 21.3. The first-order valence-electron chi connectivity index (χ1n) is 25.5. The molecule has 410 valence electrons. The van der Waals surface area contributed by atoms with Crippen molar-refractivity contribution in [1.29, 1.82) is 0 Å². The number of thioether (sulfide) groups is 2. The van der Waals surface area contributed by atoms with Crippen LogP contribution in [-0.2, 0) is 18.1 Å². The van der Waals surface area contributed by atoms with E-state index in [1.165, 1.54) is 46.5 Å². The molecule has 2 atom stereocenters. The van der Waals surface area contributed by atoms with Gasteiger partial charge in [-0.15, -0.1) is 23.5 Å². The third-order valence-corrected chi connectivity index (χ3v) is 16.8. The Balaban J connectivity index is 0.000000180. The summed E-state index contributed by atoms with van der Waals surface area (Å²) in [6.07, 6.45) is 11.3. The molecule has 22 heteroatoms. The number of halogens is 5. The molecule has 0 fully saturated rings. The van der Waals surface area contributed by atoms with Gasteiger partial charge in [0, 0.05) is 93.3 Å². The van der Waals surface area contributed by atoms with Gasteiger partial charge in [0.15, 0.2) is 46.2 Å². The van der Waals surface area contributed by atoms with E-state index in [1.54, 1.807) is 31.8 Å². The summed E-state index contributed by atoms with van der Waals surface area (Å²) in [6.45, 7) is 1.32. The monoisotopic (exact) mass is 1150 g/mol. The summed E-state index contributed by atoms with van der Waals surface area (Å²) in [4.78, 5) is 58.0. The largest absolute Gasteiger partial charge is 1.00 e. The molecule has 2 aromatic heterocycles. The van der Waals surface area contributed by atoms with E-state index in [2.05, 4.69) is 0 Å². The number of hydrogen-bond donors (Lipinski definition) is 1. The van der Waals surface area contributed by atoms with E-state index < -0.39 is 57.9 Å². The van der Waals surface area contributed by atoms with Gasteiger partial charge in [-0.2, -0.15) is 0 Å². The number of nitrogens with zero attached hydrogens (tertiary/aromatic N) is 6. The fraction of sp³-hybridized carbons (Fsp3) is 0.220. The molecule has 8 heterocycles. The van der Waals surface area contributed by atoms with Crippen LogP contribution in [0.5, 0.6) is 23.0 Å². The Kier molecular flexibility index (Phi) is 16.8. The molecule has 13 rings (SSSR count). The van der Waals surface area contributed by atoms with Crippen LogP contribution in [0.15, 0.2) is 159 Å². The van der Waals surface area contributed by atoms with Crippen molar-refractivity contribution in [3.8, 4) is 23.0 Å². The van der Waals surface area contributed by atoms with E-state index >= 15 is 8.78 Å². The average molecular weight is 1150 g/mol. The van der Waals surface area contributed by atoms with E-state index in [4.69, 9.17) is 14.2 Å². The first kappa shape index (κ1) is 56.8. The number of pyridine rings is 2. The van der Waals surface area contributed by atoms with E-state index in [0.717, 1.165) is 38.6 Å². The molecule has 7 aromatic rings. The van der Waals surface area contributed by atoms with E-state index in [-0.39, 0.29) is 122 Å². The minimum atomic E-state index is -0.998. The Morgan fingerprint density at radius 2 is 1.06 bits per heavy atom. The van der Waals surface area contributed by atoms with Crippen LogP contribution < -0.4 is 66.4 Å². The zero-order chi connectivity index (χ0) is 54.5. The van der Waals surface area contributed by atoms with Crippen molar-refractivity contribution in [2.45, 2.75) is 52.8 Å². The topological polar surface area (TPSA) is 139 Å². The number of amides is 2. The van der Waals surface area contributed by atoms with Crippen molar-refractivity contribution in [2.75, 3.05) is 49.7 Å². The molecule has 6 aliphatic rings.